The Labute approximate surface area is 112 Å². The summed E-state index contributed by atoms with van der Waals surface area (Å²) in [4.78, 5) is 11.8. The van der Waals surface area contributed by atoms with Crippen LogP contribution in [0.1, 0.15) is 25.0 Å². The van der Waals surface area contributed by atoms with Crippen LogP contribution >= 0.6 is 11.6 Å². The summed E-state index contributed by atoms with van der Waals surface area (Å²) < 4.78 is 13.6. The zero-order chi connectivity index (χ0) is 13.9. The number of nitrogens with one attached hydrogen (secondary N) is 1. The largest absolute Gasteiger partial charge is 0.350 e. The first kappa shape index (κ1) is 14.9. The highest BCUT2D eigenvalue weighted by Gasteiger charge is 2.19. The third-order valence-corrected chi connectivity index (χ3v) is 3.08. The number of amides is 1. The fourth-order valence-electron chi connectivity index (χ4n) is 1.53. The molecule has 100 valence electrons. The van der Waals surface area contributed by atoms with E-state index < -0.39 is 11.4 Å². The summed E-state index contributed by atoms with van der Waals surface area (Å²) in [5.41, 5.74) is 6.10. The lowest BCUT2D eigenvalue weighted by molar-refractivity contribution is -0.121. The molecule has 0 aromatic heterocycles. The first-order valence-corrected chi connectivity index (χ1v) is 6.09. The Morgan fingerprint density at radius 3 is 2.67 bits per heavy atom. The summed E-state index contributed by atoms with van der Waals surface area (Å²) in [5, 5.41) is 2.86. The average molecular weight is 273 g/mol. The van der Waals surface area contributed by atoms with Gasteiger partial charge in [0.05, 0.1) is 11.4 Å². The van der Waals surface area contributed by atoms with Gasteiger partial charge in [-0.15, -0.1) is 0 Å². The molecule has 5 heteroatoms. The molecule has 1 aromatic rings. The van der Waals surface area contributed by atoms with Gasteiger partial charge in [-0.25, -0.2) is 4.39 Å². The minimum absolute atomic E-state index is 0.0685. The molecule has 1 aromatic carbocycles. The van der Waals surface area contributed by atoms with Gasteiger partial charge in [0.2, 0.25) is 5.91 Å². The van der Waals surface area contributed by atoms with Crippen LogP contribution in [0.4, 0.5) is 4.39 Å². The van der Waals surface area contributed by atoms with E-state index in [2.05, 4.69) is 5.32 Å². The topological polar surface area (TPSA) is 55.1 Å². The van der Waals surface area contributed by atoms with E-state index in [1.54, 1.807) is 13.0 Å². The predicted octanol–water partition coefficient (Wildman–Crippen LogP) is 2.18. The molecule has 1 rings (SSSR count). The third kappa shape index (κ3) is 3.68. The van der Waals surface area contributed by atoms with Gasteiger partial charge < -0.3 is 11.1 Å². The van der Waals surface area contributed by atoms with Crippen molar-refractivity contribution in [1.82, 2.24) is 5.32 Å². The second-order valence-corrected chi connectivity index (χ2v) is 5.37. The fourth-order valence-corrected chi connectivity index (χ4v) is 1.73. The number of hydrogen-bond acceptors (Lipinski definition) is 2. The highest BCUT2D eigenvalue weighted by atomic mass is 35.5. The smallest absolute Gasteiger partial charge is 0.224 e. The van der Waals surface area contributed by atoms with E-state index >= 15 is 0 Å². The molecular weight excluding hydrogens is 255 g/mol. The molecule has 0 bridgehead atoms. The maximum Gasteiger partial charge on any atom is 0.224 e. The van der Waals surface area contributed by atoms with Crippen LogP contribution in [-0.2, 0) is 11.2 Å². The molecule has 0 unspecified atom stereocenters. The number of benzene rings is 1. The molecule has 3 N–H and O–H groups in total. The molecule has 0 atom stereocenters. The third-order valence-electron chi connectivity index (χ3n) is 2.79. The normalized spacial score (nSPS) is 11.4. The van der Waals surface area contributed by atoms with Crippen molar-refractivity contribution < 1.29 is 9.18 Å². The Balaban J connectivity index is 2.80. The van der Waals surface area contributed by atoms with E-state index in [1.807, 2.05) is 13.8 Å². The van der Waals surface area contributed by atoms with Gasteiger partial charge in [-0.1, -0.05) is 17.7 Å². The zero-order valence-electron chi connectivity index (χ0n) is 10.8. The van der Waals surface area contributed by atoms with E-state index in [1.165, 1.54) is 6.07 Å². The molecular formula is C13H18ClFN2O. The monoisotopic (exact) mass is 272 g/mol. The molecule has 0 aliphatic heterocycles. The number of carbonyl (C=O) groups excluding carboxylic acids is 1. The summed E-state index contributed by atoms with van der Waals surface area (Å²) >= 11 is 5.66. The van der Waals surface area contributed by atoms with Crippen molar-refractivity contribution in [3.63, 3.8) is 0 Å². The molecule has 0 aliphatic rings. The van der Waals surface area contributed by atoms with Gasteiger partial charge in [-0.2, -0.15) is 0 Å². The Morgan fingerprint density at radius 2 is 2.11 bits per heavy atom. The van der Waals surface area contributed by atoms with Crippen LogP contribution in [0.3, 0.4) is 0 Å². The van der Waals surface area contributed by atoms with Crippen LogP contribution in [-0.4, -0.2) is 18.0 Å². The Hall–Kier alpha value is -1.13. The van der Waals surface area contributed by atoms with Crippen LogP contribution in [0.5, 0.6) is 0 Å². The van der Waals surface area contributed by atoms with Crippen LogP contribution < -0.4 is 11.1 Å². The quantitative estimate of drug-likeness (QED) is 0.883. The molecule has 0 saturated heterocycles. The van der Waals surface area contributed by atoms with Crippen LogP contribution in [0, 0.1) is 12.7 Å². The van der Waals surface area contributed by atoms with Gasteiger partial charge in [0, 0.05) is 12.1 Å². The van der Waals surface area contributed by atoms with Gasteiger partial charge in [-0.05, 0) is 38.0 Å². The number of nitrogens with two attached hydrogens (primary N) is 1. The molecule has 0 radical (unpaired) electrons. The standard InChI is InChI=1S/C13H18ClFN2O/c1-8-9(4-5-10(14)12(8)15)6-11(18)17-13(2,3)7-16/h4-5H,6-7,16H2,1-3H3,(H,17,18). The van der Waals surface area contributed by atoms with Crippen molar-refractivity contribution in [2.45, 2.75) is 32.7 Å². The molecule has 18 heavy (non-hydrogen) atoms. The Kier molecular flexibility index (Phi) is 4.71. The van der Waals surface area contributed by atoms with Crippen molar-refractivity contribution in [2.24, 2.45) is 5.73 Å². The summed E-state index contributed by atoms with van der Waals surface area (Å²) in [7, 11) is 0. The molecule has 1 amide bonds. The van der Waals surface area contributed by atoms with Crippen molar-refractivity contribution in [3.05, 3.63) is 34.1 Å². The first-order valence-electron chi connectivity index (χ1n) is 5.71. The lowest BCUT2D eigenvalue weighted by atomic mass is 10.0. The van der Waals surface area contributed by atoms with Crippen LogP contribution in [0.15, 0.2) is 12.1 Å². The highest BCUT2D eigenvalue weighted by Crippen LogP contribution is 2.21. The van der Waals surface area contributed by atoms with Gasteiger partial charge >= 0.3 is 0 Å². The van der Waals surface area contributed by atoms with E-state index in [0.29, 0.717) is 17.7 Å². The van der Waals surface area contributed by atoms with E-state index in [-0.39, 0.29) is 17.4 Å². The minimum atomic E-state index is -0.472. The average Bonchev–Trinajstić information content (AvgIpc) is 2.29. The SMILES string of the molecule is Cc1c(CC(=O)NC(C)(C)CN)ccc(Cl)c1F. The fraction of sp³-hybridized carbons (Fsp3) is 0.462. The minimum Gasteiger partial charge on any atom is -0.350 e. The molecule has 3 nitrogen and oxygen atoms in total. The lowest BCUT2D eigenvalue weighted by Gasteiger charge is -2.24. The second-order valence-electron chi connectivity index (χ2n) is 4.96. The molecule has 0 saturated carbocycles. The molecule has 0 heterocycles. The van der Waals surface area contributed by atoms with Gasteiger partial charge in [-0.3, -0.25) is 4.79 Å². The predicted molar refractivity (Wildman–Crippen MR) is 71.1 cm³/mol. The highest BCUT2D eigenvalue weighted by molar-refractivity contribution is 6.30. The molecule has 0 aliphatic carbocycles. The Morgan fingerprint density at radius 1 is 1.50 bits per heavy atom. The van der Waals surface area contributed by atoms with Gasteiger partial charge in [0.15, 0.2) is 0 Å². The summed E-state index contributed by atoms with van der Waals surface area (Å²) in [6.45, 7) is 5.62. The van der Waals surface area contributed by atoms with Crippen molar-refractivity contribution in [1.29, 1.82) is 0 Å². The van der Waals surface area contributed by atoms with E-state index in [9.17, 15) is 9.18 Å². The summed E-state index contributed by atoms with van der Waals surface area (Å²) in [5.74, 6) is -0.657. The van der Waals surface area contributed by atoms with Crippen molar-refractivity contribution in [3.8, 4) is 0 Å². The molecule has 0 spiro atoms. The van der Waals surface area contributed by atoms with Crippen LogP contribution in [0.25, 0.3) is 0 Å². The number of halogens is 2. The number of rotatable bonds is 4. The first-order chi connectivity index (χ1) is 8.26. The van der Waals surface area contributed by atoms with Gasteiger partial charge in [0.25, 0.3) is 0 Å². The lowest BCUT2D eigenvalue weighted by Crippen LogP contribution is -2.49. The number of carbonyl (C=O) groups is 1. The van der Waals surface area contributed by atoms with Crippen molar-refractivity contribution >= 4 is 17.5 Å². The van der Waals surface area contributed by atoms with Crippen LogP contribution in [0.2, 0.25) is 5.02 Å². The van der Waals surface area contributed by atoms with E-state index in [0.717, 1.165) is 0 Å². The van der Waals surface area contributed by atoms with E-state index in [4.69, 9.17) is 17.3 Å². The second kappa shape index (κ2) is 5.67. The Bertz CT molecular complexity index is 461. The summed E-state index contributed by atoms with van der Waals surface area (Å²) in [6, 6.07) is 3.12. The van der Waals surface area contributed by atoms with Gasteiger partial charge in [0.1, 0.15) is 5.82 Å². The maximum atomic E-state index is 13.6. The summed E-state index contributed by atoms with van der Waals surface area (Å²) in [6.07, 6.45) is 0.114. The number of hydrogen-bond donors (Lipinski definition) is 2. The zero-order valence-corrected chi connectivity index (χ0v) is 11.6. The maximum absolute atomic E-state index is 13.6. The van der Waals surface area contributed by atoms with Crippen molar-refractivity contribution in [2.75, 3.05) is 6.54 Å². The molecule has 0 fully saturated rings.